The van der Waals surface area contributed by atoms with E-state index in [4.69, 9.17) is 0 Å². The van der Waals surface area contributed by atoms with Gasteiger partial charge in [0.2, 0.25) is 0 Å². The number of carbonyl (C=O) groups excluding carboxylic acids is 2. The summed E-state index contributed by atoms with van der Waals surface area (Å²) in [7, 11) is 2.25. The van der Waals surface area contributed by atoms with Crippen LogP contribution in [0.3, 0.4) is 0 Å². The van der Waals surface area contributed by atoms with Crippen LogP contribution in [0.4, 0.5) is 5.69 Å². The van der Waals surface area contributed by atoms with Crippen molar-refractivity contribution in [3.63, 3.8) is 0 Å². The average molecular weight is 407 g/mol. The molecule has 0 saturated carbocycles. The minimum Gasteiger partial charge on any atom is -0.310 e. The van der Waals surface area contributed by atoms with Crippen LogP contribution in [0, 0.1) is 0 Å². The fourth-order valence-electron chi connectivity index (χ4n) is 3.07. The molecule has 1 aliphatic rings. The number of carbonyl (C=O) groups is 2. The van der Waals surface area contributed by atoms with Crippen molar-refractivity contribution in [2.24, 2.45) is 0 Å². The summed E-state index contributed by atoms with van der Waals surface area (Å²) in [5, 5.41) is -1.19. The van der Waals surface area contributed by atoms with E-state index in [1.165, 1.54) is 0 Å². The lowest BCUT2D eigenvalue weighted by Gasteiger charge is -2.33. The molecule has 2 aromatic rings. The van der Waals surface area contributed by atoms with Gasteiger partial charge in [-0.3, -0.25) is 13.8 Å². The van der Waals surface area contributed by atoms with Gasteiger partial charge in [0.15, 0.2) is 11.0 Å². The molecule has 1 amide bonds. The molecule has 2 aromatic carbocycles. The maximum atomic E-state index is 13.1. The number of halogens is 1. The van der Waals surface area contributed by atoms with Crippen LogP contribution >= 0.6 is 12.4 Å². The number of para-hydroxylation sites is 1. The van der Waals surface area contributed by atoms with Crippen LogP contribution < -0.4 is 4.90 Å². The van der Waals surface area contributed by atoms with Crippen molar-refractivity contribution in [2.75, 3.05) is 32.1 Å². The number of hydrogen-bond acceptors (Lipinski definition) is 4. The lowest BCUT2D eigenvalue weighted by atomic mass is 10.1. The third kappa shape index (κ3) is 4.46. The Morgan fingerprint density at radius 3 is 2.37 bits per heavy atom. The molecular formula is C20H23ClN2O3S. The quantitative estimate of drug-likeness (QED) is 0.546. The highest BCUT2D eigenvalue weighted by Crippen LogP contribution is 2.33. The van der Waals surface area contributed by atoms with Crippen molar-refractivity contribution in [1.82, 2.24) is 4.90 Å². The molecule has 0 aromatic heterocycles. The molecule has 1 aliphatic heterocycles. The molecule has 2 atom stereocenters. The number of hydrogen-bond donors (Lipinski definition) is 0. The number of nitrogens with zero attached hydrogens (tertiary/aromatic N) is 2. The molecule has 3 rings (SSSR count). The SMILES string of the molecule is CN(C)CCCN1C(=O)C(C(=O)c2ccccc2)S(=O)c2ccccc21.Cl. The van der Waals surface area contributed by atoms with Gasteiger partial charge < -0.3 is 9.80 Å². The monoisotopic (exact) mass is 406 g/mol. The highest BCUT2D eigenvalue weighted by atomic mass is 35.5. The summed E-state index contributed by atoms with van der Waals surface area (Å²) in [6.45, 7) is 1.32. The zero-order chi connectivity index (χ0) is 18.7. The smallest absolute Gasteiger partial charge is 0.251 e. The zero-order valence-electron chi connectivity index (χ0n) is 15.3. The Labute approximate surface area is 168 Å². The van der Waals surface area contributed by atoms with Gasteiger partial charge in [-0.15, -0.1) is 12.4 Å². The Bertz CT molecular complexity index is 842. The number of amides is 1. The molecule has 0 saturated heterocycles. The van der Waals surface area contributed by atoms with Crippen LogP contribution in [-0.4, -0.2) is 53.2 Å². The van der Waals surface area contributed by atoms with E-state index in [0.29, 0.717) is 22.7 Å². The number of anilines is 1. The Morgan fingerprint density at radius 1 is 1.07 bits per heavy atom. The fraction of sp³-hybridized carbons (Fsp3) is 0.300. The van der Waals surface area contributed by atoms with Crippen LogP contribution in [0.5, 0.6) is 0 Å². The minimum absolute atomic E-state index is 0. The number of ketones is 1. The third-order valence-corrected chi connectivity index (χ3v) is 5.98. The van der Waals surface area contributed by atoms with Gasteiger partial charge in [0.1, 0.15) is 0 Å². The van der Waals surface area contributed by atoms with Crippen LogP contribution in [0.15, 0.2) is 59.5 Å². The maximum absolute atomic E-state index is 13.1. The normalized spacial score (nSPS) is 18.8. The molecule has 2 unspecified atom stereocenters. The first-order valence-electron chi connectivity index (χ1n) is 8.55. The van der Waals surface area contributed by atoms with Gasteiger partial charge in [-0.1, -0.05) is 42.5 Å². The van der Waals surface area contributed by atoms with Crippen molar-refractivity contribution < 1.29 is 13.8 Å². The van der Waals surface area contributed by atoms with Gasteiger partial charge in [-0.2, -0.15) is 0 Å². The standard InChI is InChI=1S/C20H22N2O3S.ClH/c1-21(2)13-8-14-22-16-11-6-7-12-17(16)26(25)19(20(22)24)18(23)15-9-4-3-5-10-15;/h3-7,9-12,19H,8,13-14H2,1-2H3;1H. The minimum atomic E-state index is -1.70. The fourth-order valence-corrected chi connectivity index (χ4v) is 4.56. The average Bonchev–Trinajstić information content (AvgIpc) is 2.65. The van der Waals surface area contributed by atoms with Gasteiger partial charge in [0.05, 0.1) is 21.4 Å². The molecular weight excluding hydrogens is 384 g/mol. The third-order valence-electron chi connectivity index (χ3n) is 4.36. The molecule has 5 nitrogen and oxygen atoms in total. The van der Waals surface area contributed by atoms with E-state index in [1.807, 2.05) is 25.1 Å². The van der Waals surface area contributed by atoms with Crippen molar-refractivity contribution >= 4 is 40.6 Å². The van der Waals surface area contributed by atoms with Crippen molar-refractivity contribution in [1.29, 1.82) is 0 Å². The molecule has 0 spiro atoms. The summed E-state index contributed by atoms with van der Waals surface area (Å²) < 4.78 is 13.0. The molecule has 27 heavy (non-hydrogen) atoms. The van der Waals surface area contributed by atoms with E-state index in [-0.39, 0.29) is 24.1 Å². The molecule has 7 heteroatoms. The molecule has 0 fully saturated rings. The van der Waals surface area contributed by atoms with Gasteiger partial charge in [0.25, 0.3) is 5.91 Å². The first kappa shape index (κ1) is 21.3. The topological polar surface area (TPSA) is 57.7 Å². The summed E-state index contributed by atoms with van der Waals surface area (Å²) in [6, 6.07) is 15.7. The second kappa shape index (κ2) is 9.26. The van der Waals surface area contributed by atoms with Crippen LogP contribution in [0.25, 0.3) is 0 Å². The summed E-state index contributed by atoms with van der Waals surface area (Å²) in [5.41, 5.74) is 1.05. The lowest BCUT2D eigenvalue weighted by Crippen LogP contribution is -2.50. The van der Waals surface area contributed by atoms with Crippen LogP contribution in [-0.2, 0) is 15.6 Å². The van der Waals surface area contributed by atoms with Gasteiger partial charge in [0, 0.05) is 12.1 Å². The highest BCUT2D eigenvalue weighted by molar-refractivity contribution is 7.87. The lowest BCUT2D eigenvalue weighted by molar-refractivity contribution is -0.117. The molecule has 144 valence electrons. The zero-order valence-corrected chi connectivity index (χ0v) is 17.0. The highest BCUT2D eigenvalue weighted by Gasteiger charge is 2.42. The van der Waals surface area contributed by atoms with E-state index in [1.54, 1.807) is 53.4 Å². The molecule has 1 heterocycles. The number of benzene rings is 2. The van der Waals surface area contributed by atoms with E-state index in [9.17, 15) is 13.8 Å². The Balaban J connectivity index is 0.00000261. The van der Waals surface area contributed by atoms with E-state index >= 15 is 0 Å². The second-order valence-electron chi connectivity index (χ2n) is 6.52. The van der Waals surface area contributed by atoms with Crippen molar-refractivity contribution in [2.45, 2.75) is 16.6 Å². The summed E-state index contributed by atoms with van der Waals surface area (Å²) >= 11 is 0. The largest absolute Gasteiger partial charge is 0.310 e. The maximum Gasteiger partial charge on any atom is 0.251 e. The predicted octanol–water partition coefficient (Wildman–Crippen LogP) is 2.77. The second-order valence-corrected chi connectivity index (χ2v) is 8.03. The number of Topliss-reactive ketones (excluding diaryl/α,β-unsaturated/α-hetero) is 1. The van der Waals surface area contributed by atoms with Gasteiger partial charge in [-0.05, 0) is 39.2 Å². The van der Waals surface area contributed by atoms with Gasteiger partial charge in [-0.25, -0.2) is 0 Å². The number of fused-ring (bicyclic) bond motifs is 1. The first-order valence-corrected chi connectivity index (χ1v) is 9.77. The van der Waals surface area contributed by atoms with Crippen LogP contribution in [0.2, 0.25) is 0 Å². The van der Waals surface area contributed by atoms with E-state index in [2.05, 4.69) is 0 Å². The molecule has 0 N–H and O–H groups in total. The Kier molecular flexibility index (Phi) is 7.30. The molecule has 0 bridgehead atoms. The summed E-state index contributed by atoms with van der Waals surface area (Å²) in [5.74, 6) is -0.768. The van der Waals surface area contributed by atoms with Crippen LogP contribution in [0.1, 0.15) is 16.8 Å². The molecule has 0 aliphatic carbocycles. The van der Waals surface area contributed by atoms with E-state index < -0.39 is 16.0 Å². The molecule has 0 radical (unpaired) electrons. The van der Waals surface area contributed by atoms with Gasteiger partial charge >= 0.3 is 0 Å². The van der Waals surface area contributed by atoms with Crippen molar-refractivity contribution in [3.05, 3.63) is 60.2 Å². The first-order chi connectivity index (χ1) is 12.5. The Morgan fingerprint density at radius 2 is 1.70 bits per heavy atom. The van der Waals surface area contributed by atoms with Crippen molar-refractivity contribution in [3.8, 4) is 0 Å². The number of rotatable bonds is 6. The summed E-state index contributed by atoms with van der Waals surface area (Å²) in [4.78, 5) is 30.2. The van der Waals surface area contributed by atoms with E-state index in [0.717, 1.165) is 13.0 Å². The predicted molar refractivity (Wildman–Crippen MR) is 110 cm³/mol. The Hall–Kier alpha value is -2.02. The summed E-state index contributed by atoms with van der Waals surface area (Å²) in [6.07, 6.45) is 0.770.